The number of rotatable bonds is 4. The summed E-state index contributed by atoms with van der Waals surface area (Å²) in [7, 11) is 5.88. The first-order valence-electron chi connectivity index (χ1n) is 4.34. The van der Waals surface area contributed by atoms with Crippen LogP contribution in [0.1, 0.15) is 40.0 Å². The van der Waals surface area contributed by atoms with Gasteiger partial charge in [-0.15, -0.1) is 0 Å². The molecule has 0 bridgehead atoms. The Balaban J connectivity index is 2.05. The molecule has 2 radical (unpaired) electrons. The highest BCUT2D eigenvalue weighted by Crippen LogP contribution is 2.48. The molecule has 0 spiro atoms. The molecule has 0 aromatic heterocycles. The average Bonchev–Trinajstić information content (AvgIpc) is 2.44. The molecule has 0 aromatic carbocycles. The van der Waals surface area contributed by atoms with Crippen LogP contribution in [0.4, 0.5) is 0 Å². The maximum atomic E-state index is 5.88. The molecule has 0 saturated carbocycles. The third-order valence-electron chi connectivity index (χ3n) is 2.16. The minimum Gasteiger partial charge on any atom is -0.153 e. The first-order valence-corrected chi connectivity index (χ1v) is 5.33. The van der Waals surface area contributed by atoms with E-state index < -0.39 is 0 Å². The highest BCUT2D eigenvalue weighted by molar-refractivity contribution is 8.07. The van der Waals surface area contributed by atoms with Gasteiger partial charge in [0.1, 0.15) is 0 Å². The Morgan fingerprint density at radius 2 is 2.09 bits per heavy atom. The summed E-state index contributed by atoms with van der Waals surface area (Å²) < 4.78 is 0.630. The molecule has 1 unspecified atom stereocenters. The Labute approximate surface area is 75.9 Å². The van der Waals surface area contributed by atoms with Crippen molar-refractivity contribution in [3.8, 4) is 0 Å². The molecular weight excluding hydrogens is 151 g/mol. The summed E-state index contributed by atoms with van der Waals surface area (Å²) in [6.07, 6.45) is 3.79. The Kier molecular flexibility index (Phi) is 2.63. The van der Waals surface area contributed by atoms with E-state index in [4.69, 9.17) is 7.85 Å². The Bertz CT molecular complexity index is 128. The Morgan fingerprint density at radius 1 is 1.55 bits per heavy atom. The molecule has 0 amide bonds. The van der Waals surface area contributed by atoms with Crippen LogP contribution in [0, 0.1) is 0 Å². The summed E-state index contributed by atoms with van der Waals surface area (Å²) in [5.41, 5.74) is 0. The molecule has 1 fully saturated rings. The van der Waals surface area contributed by atoms with Gasteiger partial charge in [0, 0.05) is 10.5 Å². The zero-order valence-electron chi connectivity index (χ0n) is 7.81. The highest BCUT2D eigenvalue weighted by atomic mass is 32.2. The summed E-state index contributed by atoms with van der Waals surface area (Å²) >= 11 is 2.08. The molecule has 2 heteroatoms. The lowest BCUT2D eigenvalue weighted by molar-refractivity contribution is 0.535. The number of hydrogen-bond donors (Lipinski definition) is 0. The average molecular weight is 168 g/mol. The van der Waals surface area contributed by atoms with Crippen LogP contribution in [-0.2, 0) is 0 Å². The van der Waals surface area contributed by atoms with Crippen molar-refractivity contribution in [1.29, 1.82) is 0 Å². The van der Waals surface area contributed by atoms with Crippen LogP contribution in [0.5, 0.6) is 0 Å². The van der Waals surface area contributed by atoms with E-state index >= 15 is 0 Å². The number of thioether (sulfide) groups is 1. The van der Waals surface area contributed by atoms with Gasteiger partial charge in [-0.2, -0.15) is 11.8 Å². The van der Waals surface area contributed by atoms with E-state index in [9.17, 15) is 0 Å². The zero-order valence-corrected chi connectivity index (χ0v) is 8.63. The van der Waals surface area contributed by atoms with Gasteiger partial charge in [-0.25, -0.2) is 0 Å². The van der Waals surface area contributed by atoms with Crippen LogP contribution in [0.15, 0.2) is 0 Å². The van der Waals surface area contributed by atoms with Gasteiger partial charge in [-0.05, 0) is 13.3 Å². The summed E-state index contributed by atoms with van der Waals surface area (Å²) in [5.74, 6) is 1.36. The molecule has 1 saturated heterocycles. The SMILES string of the molecule is [B]C(C)(C)CCCC1(C)CS1. The van der Waals surface area contributed by atoms with Gasteiger partial charge in [0.05, 0.1) is 7.85 Å². The third-order valence-corrected chi connectivity index (χ3v) is 3.64. The molecule has 0 nitrogen and oxygen atoms in total. The second-order valence-corrected chi connectivity index (χ2v) is 6.14. The van der Waals surface area contributed by atoms with E-state index in [0.29, 0.717) is 4.75 Å². The lowest BCUT2D eigenvalue weighted by atomic mass is 9.69. The van der Waals surface area contributed by atoms with Gasteiger partial charge >= 0.3 is 0 Å². The zero-order chi connectivity index (χ0) is 8.54. The Hall–Kier alpha value is 0.415. The number of hydrogen-bond acceptors (Lipinski definition) is 1. The molecule has 1 aliphatic heterocycles. The van der Waals surface area contributed by atoms with Crippen LogP contribution in [0.3, 0.4) is 0 Å². The second-order valence-electron chi connectivity index (χ2n) is 4.58. The van der Waals surface area contributed by atoms with Gasteiger partial charge < -0.3 is 0 Å². The first kappa shape index (κ1) is 9.50. The van der Waals surface area contributed by atoms with Crippen LogP contribution in [0.25, 0.3) is 0 Å². The lowest BCUT2D eigenvalue weighted by Crippen LogP contribution is -2.06. The maximum absolute atomic E-state index is 5.88. The Morgan fingerprint density at radius 3 is 2.45 bits per heavy atom. The molecule has 1 heterocycles. The van der Waals surface area contributed by atoms with Crippen molar-refractivity contribution in [2.24, 2.45) is 0 Å². The van der Waals surface area contributed by atoms with Gasteiger partial charge in [-0.3, -0.25) is 0 Å². The summed E-state index contributed by atoms with van der Waals surface area (Å²) in [5, 5.41) is 0.0376. The van der Waals surface area contributed by atoms with Gasteiger partial charge in [0.15, 0.2) is 0 Å². The fourth-order valence-electron chi connectivity index (χ4n) is 1.19. The minimum absolute atomic E-state index is 0.0376. The maximum Gasteiger partial charge on any atom is 0.0738 e. The van der Waals surface area contributed by atoms with Crippen molar-refractivity contribution < 1.29 is 0 Å². The van der Waals surface area contributed by atoms with Crippen molar-refractivity contribution >= 4 is 19.6 Å². The second kappa shape index (κ2) is 3.04. The quantitative estimate of drug-likeness (QED) is 0.459. The van der Waals surface area contributed by atoms with Gasteiger partial charge in [0.2, 0.25) is 0 Å². The standard InChI is InChI=1S/C9H17BS/c1-8(2,10)5-4-6-9(3)7-11-9/h4-7H2,1-3H3. The molecular formula is C9H17BS. The van der Waals surface area contributed by atoms with E-state index in [1.54, 1.807) is 0 Å². The predicted molar refractivity (Wildman–Crippen MR) is 54.5 cm³/mol. The van der Waals surface area contributed by atoms with Gasteiger partial charge in [-0.1, -0.05) is 32.0 Å². The fraction of sp³-hybridized carbons (Fsp3) is 1.00. The molecule has 11 heavy (non-hydrogen) atoms. The van der Waals surface area contributed by atoms with Crippen LogP contribution >= 0.6 is 11.8 Å². The van der Waals surface area contributed by atoms with Crippen LogP contribution in [0.2, 0.25) is 5.31 Å². The predicted octanol–water partition coefficient (Wildman–Crippen LogP) is 3.03. The van der Waals surface area contributed by atoms with Crippen molar-refractivity contribution in [3.63, 3.8) is 0 Å². The molecule has 1 rings (SSSR count). The summed E-state index contributed by atoms with van der Waals surface area (Å²) in [4.78, 5) is 0. The van der Waals surface area contributed by atoms with Crippen molar-refractivity contribution in [1.82, 2.24) is 0 Å². The molecule has 62 valence electrons. The van der Waals surface area contributed by atoms with E-state index in [2.05, 4.69) is 32.5 Å². The van der Waals surface area contributed by atoms with Crippen molar-refractivity contribution in [2.45, 2.75) is 50.1 Å². The normalized spacial score (nSPS) is 30.5. The van der Waals surface area contributed by atoms with Gasteiger partial charge in [0.25, 0.3) is 0 Å². The van der Waals surface area contributed by atoms with E-state index in [-0.39, 0.29) is 5.31 Å². The molecule has 1 aliphatic rings. The largest absolute Gasteiger partial charge is 0.153 e. The minimum atomic E-state index is 0.0376. The summed E-state index contributed by atoms with van der Waals surface area (Å²) in [6.45, 7) is 6.56. The first-order chi connectivity index (χ1) is 4.91. The van der Waals surface area contributed by atoms with E-state index in [0.717, 1.165) is 6.42 Å². The van der Waals surface area contributed by atoms with Crippen molar-refractivity contribution in [3.05, 3.63) is 0 Å². The van der Waals surface area contributed by atoms with Crippen LogP contribution < -0.4 is 0 Å². The van der Waals surface area contributed by atoms with E-state index in [1.807, 2.05) is 0 Å². The molecule has 0 aromatic rings. The summed E-state index contributed by atoms with van der Waals surface area (Å²) in [6, 6.07) is 0. The topological polar surface area (TPSA) is 0 Å². The lowest BCUT2D eigenvalue weighted by Gasteiger charge is -2.18. The highest BCUT2D eigenvalue weighted by Gasteiger charge is 2.37. The molecule has 0 N–H and O–H groups in total. The fourth-order valence-corrected chi connectivity index (χ4v) is 1.86. The van der Waals surface area contributed by atoms with Crippen LogP contribution in [-0.4, -0.2) is 18.3 Å². The molecule has 0 aliphatic carbocycles. The smallest absolute Gasteiger partial charge is 0.0738 e. The van der Waals surface area contributed by atoms with E-state index in [1.165, 1.54) is 18.6 Å². The van der Waals surface area contributed by atoms with Crippen molar-refractivity contribution in [2.75, 3.05) is 5.75 Å². The monoisotopic (exact) mass is 168 g/mol. The molecule has 1 atom stereocenters. The third kappa shape index (κ3) is 4.10.